The predicted octanol–water partition coefficient (Wildman–Crippen LogP) is 1.84. The van der Waals surface area contributed by atoms with Crippen molar-refractivity contribution in [2.75, 3.05) is 31.1 Å². The summed E-state index contributed by atoms with van der Waals surface area (Å²) in [5.74, 6) is 0.931. The van der Waals surface area contributed by atoms with Crippen LogP contribution in [-0.2, 0) is 7.05 Å². The number of hydrogen-bond acceptors (Lipinski definition) is 5. The maximum atomic E-state index is 12.8. The van der Waals surface area contributed by atoms with Crippen molar-refractivity contribution in [2.24, 2.45) is 7.05 Å². The van der Waals surface area contributed by atoms with Crippen LogP contribution in [0.25, 0.3) is 11.3 Å². The third-order valence-electron chi connectivity index (χ3n) is 4.68. The van der Waals surface area contributed by atoms with Crippen molar-refractivity contribution in [3.05, 3.63) is 60.9 Å². The van der Waals surface area contributed by atoms with Gasteiger partial charge in [0.15, 0.2) is 0 Å². The van der Waals surface area contributed by atoms with Crippen molar-refractivity contribution in [3.8, 4) is 11.3 Å². The van der Waals surface area contributed by atoms with Gasteiger partial charge in [-0.1, -0.05) is 12.1 Å². The summed E-state index contributed by atoms with van der Waals surface area (Å²) in [7, 11) is 1.96. The van der Waals surface area contributed by atoms with E-state index in [1.807, 2.05) is 47.0 Å². The Bertz CT molecular complexity index is 882. The SMILES string of the molecule is Cn1cncc1-c1ccc(C(=O)N2CCN(c3cnccn3)CC2)cc1. The number of carbonyl (C=O) groups is 1. The van der Waals surface area contributed by atoms with Gasteiger partial charge in [-0.05, 0) is 17.7 Å². The molecule has 0 saturated carbocycles. The van der Waals surface area contributed by atoms with Gasteiger partial charge in [0.2, 0.25) is 0 Å². The molecule has 132 valence electrons. The fourth-order valence-electron chi connectivity index (χ4n) is 3.19. The Morgan fingerprint density at radius 2 is 1.73 bits per heavy atom. The molecule has 1 aliphatic heterocycles. The second-order valence-corrected chi connectivity index (χ2v) is 6.31. The van der Waals surface area contributed by atoms with E-state index in [2.05, 4.69) is 19.9 Å². The normalized spacial score (nSPS) is 14.5. The zero-order chi connectivity index (χ0) is 17.9. The smallest absolute Gasteiger partial charge is 0.253 e. The van der Waals surface area contributed by atoms with Crippen LogP contribution in [0.4, 0.5) is 5.82 Å². The number of piperazine rings is 1. The van der Waals surface area contributed by atoms with Crippen molar-refractivity contribution < 1.29 is 4.79 Å². The highest BCUT2D eigenvalue weighted by atomic mass is 16.2. The Morgan fingerprint density at radius 1 is 0.962 bits per heavy atom. The molecule has 1 aromatic carbocycles. The summed E-state index contributed by atoms with van der Waals surface area (Å²) in [6, 6.07) is 7.72. The van der Waals surface area contributed by atoms with Gasteiger partial charge < -0.3 is 14.4 Å². The Morgan fingerprint density at radius 3 is 2.35 bits per heavy atom. The van der Waals surface area contributed by atoms with Gasteiger partial charge in [0.25, 0.3) is 5.91 Å². The zero-order valence-electron chi connectivity index (χ0n) is 14.6. The molecular weight excluding hydrogens is 328 g/mol. The predicted molar refractivity (Wildman–Crippen MR) is 98.8 cm³/mol. The molecule has 7 heteroatoms. The molecule has 0 N–H and O–H groups in total. The van der Waals surface area contributed by atoms with Crippen LogP contribution in [0, 0.1) is 0 Å². The number of aromatic nitrogens is 4. The molecule has 0 atom stereocenters. The summed E-state index contributed by atoms with van der Waals surface area (Å²) in [6.45, 7) is 2.88. The second-order valence-electron chi connectivity index (χ2n) is 6.31. The molecule has 1 amide bonds. The quantitative estimate of drug-likeness (QED) is 0.722. The number of amides is 1. The van der Waals surface area contributed by atoms with E-state index in [0.29, 0.717) is 18.7 Å². The minimum atomic E-state index is 0.0698. The minimum absolute atomic E-state index is 0.0698. The van der Waals surface area contributed by atoms with Crippen LogP contribution in [0.5, 0.6) is 0 Å². The number of carbonyl (C=O) groups excluding carboxylic acids is 1. The number of nitrogens with zero attached hydrogens (tertiary/aromatic N) is 6. The highest BCUT2D eigenvalue weighted by Crippen LogP contribution is 2.20. The Labute approximate surface area is 151 Å². The molecule has 4 rings (SSSR count). The monoisotopic (exact) mass is 348 g/mol. The lowest BCUT2D eigenvalue weighted by Gasteiger charge is -2.35. The molecule has 1 aliphatic rings. The molecule has 7 nitrogen and oxygen atoms in total. The van der Waals surface area contributed by atoms with Gasteiger partial charge >= 0.3 is 0 Å². The number of hydrogen-bond donors (Lipinski definition) is 0. The Balaban J connectivity index is 1.41. The summed E-state index contributed by atoms with van der Waals surface area (Å²) in [4.78, 5) is 29.4. The van der Waals surface area contributed by atoms with E-state index in [4.69, 9.17) is 0 Å². The highest BCUT2D eigenvalue weighted by molar-refractivity contribution is 5.94. The van der Waals surface area contributed by atoms with Gasteiger partial charge in [0.1, 0.15) is 5.82 Å². The van der Waals surface area contributed by atoms with Crippen molar-refractivity contribution in [2.45, 2.75) is 0 Å². The summed E-state index contributed by atoms with van der Waals surface area (Å²) in [5.41, 5.74) is 2.79. The van der Waals surface area contributed by atoms with Crippen molar-refractivity contribution in [1.82, 2.24) is 24.4 Å². The van der Waals surface area contributed by atoms with Crippen LogP contribution in [-0.4, -0.2) is 56.5 Å². The number of aryl methyl sites for hydroxylation is 1. The van der Waals surface area contributed by atoms with E-state index in [0.717, 1.165) is 30.2 Å². The molecule has 1 fully saturated rings. The molecule has 1 saturated heterocycles. The number of anilines is 1. The summed E-state index contributed by atoms with van der Waals surface area (Å²) < 4.78 is 1.96. The zero-order valence-corrected chi connectivity index (χ0v) is 14.6. The van der Waals surface area contributed by atoms with E-state index in [-0.39, 0.29) is 5.91 Å². The molecule has 0 bridgehead atoms. The van der Waals surface area contributed by atoms with Gasteiger partial charge in [-0.3, -0.25) is 9.78 Å². The molecule has 3 aromatic rings. The first-order valence-corrected chi connectivity index (χ1v) is 8.59. The van der Waals surface area contributed by atoms with Crippen molar-refractivity contribution in [3.63, 3.8) is 0 Å². The van der Waals surface area contributed by atoms with E-state index < -0.39 is 0 Å². The topological polar surface area (TPSA) is 67.2 Å². The minimum Gasteiger partial charge on any atom is -0.352 e. The van der Waals surface area contributed by atoms with Gasteiger partial charge in [-0.25, -0.2) is 9.97 Å². The van der Waals surface area contributed by atoms with Crippen LogP contribution < -0.4 is 4.90 Å². The lowest BCUT2D eigenvalue weighted by Crippen LogP contribution is -2.49. The molecule has 3 heterocycles. The first-order valence-electron chi connectivity index (χ1n) is 8.59. The molecular formula is C19H20N6O. The second kappa shape index (κ2) is 6.95. The fourth-order valence-corrected chi connectivity index (χ4v) is 3.19. The van der Waals surface area contributed by atoms with Crippen LogP contribution in [0.2, 0.25) is 0 Å². The van der Waals surface area contributed by atoms with Crippen molar-refractivity contribution >= 4 is 11.7 Å². The first kappa shape index (κ1) is 16.3. The first-order chi connectivity index (χ1) is 12.7. The average Bonchev–Trinajstić information content (AvgIpc) is 3.14. The van der Waals surface area contributed by atoms with Gasteiger partial charge in [0.05, 0.1) is 24.4 Å². The molecule has 0 aliphatic carbocycles. The maximum Gasteiger partial charge on any atom is 0.253 e. The standard InChI is InChI=1S/C19H20N6O/c1-23-14-21-12-17(23)15-2-4-16(5-3-15)19(26)25-10-8-24(9-11-25)18-13-20-6-7-22-18/h2-7,12-14H,8-11H2,1H3. The van der Waals surface area contributed by atoms with Gasteiger partial charge in [0, 0.05) is 51.2 Å². The molecule has 2 aromatic heterocycles. The van der Waals surface area contributed by atoms with Crippen LogP contribution in [0.3, 0.4) is 0 Å². The number of rotatable bonds is 3. The maximum absolute atomic E-state index is 12.8. The molecule has 0 spiro atoms. The summed E-state index contributed by atoms with van der Waals surface area (Å²) in [5, 5.41) is 0. The van der Waals surface area contributed by atoms with E-state index >= 15 is 0 Å². The van der Waals surface area contributed by atoms with E-state index in [9.17, 15) is 4.79 Å². The van der Waals surface area contributed by atoms with Gasteiger partial charge in [-0.2, -0.15) is 0 Å². The Kier molecular flexibility index (Phi) is 4.35. The Hall–Kier alpha value is -3.22. The van der Waals surface area contributed by atoms with Gasteiger partial charge in [-0.15, -0.1) is 0 Å². The number of benzene rings is 1. The highest BCUT2D eigenvalue weighted by Gasteiger charge is 2.23. The third-order valence-corrected chi connectivity index (χ3v) is 4.68. The van der Waals surface area contributed by atoms with E-state index in [1.165, 1.54) is 0 Å². The van der Waals surface area contributed by atoms with Crippen molar-refractivity contribution in [1.29, 1.82) is 0 Å². The average molecular weight is 348 g/mol. The van der Waals surface area contributed by atoms with E-state index in [1.54, 1.807) is 24.9 Å². The lowest BCUT2D eigenvalue weighted by molar-refractivity contribution is 0.0746. The lowest BCUT2D eigenvalue weighted by atomic mass is 10.1. The molecule has 0 unspecified atom stereocenters. The summed E-state index contributed by atoms with van der Waals surface area (Å²) >= 11 is 0. The van der Waals surface area contributed by atoms with Crippen LogP contribution >= 0.6 is 0 Å². The largest absolute Gasteiger partial charge is 0.352 e. The molecule has 26 heavy (non-hydrogen) atoms. The molecule has 0 radical (unpaired) electrons. The van der Waals surface area contributed by atoms with Crippen LogP contribution in [0.1, 0.15) is 10.4 Å². The summed E-state index contributed by atoms with van der Waals surface area (Å²) in [6.07, 6.45) is 8.71. The van der Waals surface area contributed by atoms with Crippen LogP contribution in [0.15, 0.2) is 55.4 Å². The third kappa shape index (κ3) is 3.15. The fraction of sp³-hybridized carbons (Fsp3) is 0.263. The number of imidazole rings is 1.